The molecule has 0 spiro atoms. The number of fused-ring (bicyclic) bond motifs is 1. The number of ether oxygens (including phenoxy) is 2. The summed E-state index contributed by atoms with van der Waals surface area (Å²) in [4.78, 5) is 31.1. The number of aromatic nitrogens is 5. The van der Waals surface area contributed by atoms with Gasteiger partial charge in [0.1, 0.15) is 5.75 Å². The quantitative estimate of drug-likeness (QED) is 0.529. The van der Waals surface area contributed by atoms with E-state index in [1.165, 1.54) is 18.7 Å². The minimum atomic E-state index is -0.496. The molecule has 0 bridgehead atoms. The molecule has 1 fully saturated rings. The Bertz CT molecular complexity index is 1150. The maximum absolute atomic E-state index is 12.4. The van der Waals surface area contributed by atoms with Gasteiger partial charge >= 0.3 is 5.69 Å². The maximum atomic E-state index is 12.4. The lowest BCUT2D eigenvalue weighted by Crippen LogP contribution is -2.38. The molecular weight excluding hydrogens is 388 g/mol. The van der Waals surface area contributed by atoms with Crippen molar-refractivity contribution < 1.29 is 9.47 Å². The molecule has 3 aromatic rings. The van der Waals surface area contributed by atoms with Crippen LogP contribution in [0.2, 0.25) is 0 Å². The maximum Gasteiger partial charge on any atom is 0.332 e. The SMILES string of the molecule is Cn1c(=O)c2nc(-c3ccc(OCCCN4CCOCC4)cc3)nnc2n(C)c1=O. The van der Waals surface area contributed by atoms with Crippen molar-refractivity contribution in [2.75, 3.05) is 39.5 Å². The Morgan fingerprint density at radius 2 is 1.77 bits per heavy atom. The van der Waals surface area contributed by atoms with E-state index in [0.29, 0.717) is 18.0 Å². The van der Waals surface area contributed by atoms with Gasteiger partial charge in [-0.1, -0.05) is 0 Å². The van der Waals surface area contributed by atoms with E-state index in [0.717, 1.165) is 49.6 Å². The number of hydrogen-bond acceptors (Lipinski definition) is 8. The zero-order chi connectivity index (χ0) is 21.1. The fraction of sp³-hybridized carbons (Fsp3) is 0.450. The van der Waals surface area contributed by atoms with Crippen molar-refractivity contribution in [3.8, 4) is 17.1 Å². The second kappa shape index (κ2) is 8.72. The first-order valence-corrected chi connectivity index (χ1v) is 9.88. The Morgan fingerprint density at radius 3 is 2.50 bits per heavy atom. The van der Waals surface area contributed by atoms with Crippen LogP contribution >= 0.6 is 0 Å². The van der Waals surface area contributed by atoms with Crippen LogP contribution in [0.1, 0.15) is 6.42 Å². The highest BCUT2D eigenvalue weighted by atomic mass is 16.5. The Morgan fingerprint density at radius 1 is 1.03 bits per heavy atom. The van der Waals surface area contributed by atoms with Gasteiger partial charge in [-0.15, -0.1) is 10.2 Å². The predicted octanol–water partition coefficient (Wildman–Crippen LogP) is 0.190. The molecular formula is C20H24N6O4. The van der Waals surface area contributed by atoms with Gasteiger partial charge in [-0.05, 0) is 30.7 Å². The van der Waals surface area contributed by atoms with Gasteiger partial charge in [0.15, 0.2) is 17.0 Å². The smallest absolute Gasteiger partial charge is 0.332 e. The molecule has 1 aromatic carbocycles. The highest BCUT2D eigenvalue weighted by Gasteiger charge is 2.14. The van der Waals surface area contributed by atoms with E-state index in [1.807, 2.05) is 24.3 Å². The van der Waals surface area contributed by atoms with Gasteiger partial charge in [0.25, 0.3) is 5.56 Å². The molecule has 0 atom stereocenters. The van der Waals surface area contributed by atoms with Gasteiger partial charge < -0.3 is 9.47 Å². The van der Waals surface area contributed by atoms with E-state index in [1.54, 1.807) is 0 Å². The molecule has 158 valence electrons. The number of rotatable bonds is 6. The second-order valence-corrected chi connectivity index (χ2v) is 7.19. The molecule has 0 unspecified atom stereocenters. The lowest BCUT2D eigenvalue weighted by atomic mass is 10.2. The predicted molar refractivity (Wildman–Crippen MR) is 111 cm³/mol. The van der Waals surface area contributed by atoms with Gasteiger partial charge in [0.2, 0.25) is 0 Å². The third kappa shape index (κ3) is 4.10. The molecule has 3 heterocycles. The molecule has 1 saturated heterocycles. The zero-order valence-corrected chi connectivity index (χ0v) is 17.1. The molecule has 2 aromatic heterocycles. The van der Waals surface area contributed by atoms with E-state index in [9.17, 15) is 9.59 Å². The summed E-state index contributed by atoms with van der Waals surface area (Å²) in [6, 6.07) is 7.34. The average Bonchev–Trinajstić information content (AvgIpc) is 2.80. The first kappa shape index (κ1) is 20.2. The molecule has 10 heteroatoms. The van der Waals surface area contributed by atoms with Crippen molar-refractivity contribution in [2.24, 2.45) is 14.1 Å². The Kier molecular flexibility index (Phi) is 5.86. The van der Waals surface area contributed by atoms with Crippen molar-refractivity contribution >= 4 is 11.2 Å². The second-order valence-electron chi connectivity index (χ2n) is 7.19. The molecule has 0 radical (unpaired) electrons. The summed E-state index contributed by atoms with van der Waals surface area (Å²) >= 11 is 0. The largest absolute Gasteiger partial charge is 0.494 e. The first-order valence-electron chi connectivity index (χ1n) is 9.88. The lowest BCUT2D eigenvalue weighted by molar-refractivity contribution is 0.0358. The van der Waals surface area contributed by atoms with Crippen LogP contribution in [0.4, 0.5) is 0 Å². The summed E-state index contributed by atoms with van der Waals surface area (Å²) in [5.41, 5.74) is 0.0111. The molecule has 0 saturated carbocycles. The number of nitrogens with zero attached hydrogens (tertiary/aromatic N) is 6. The molecule has 30 heavy (non-hydrogen) atoms. The van der Waals surface area contributed by atoms with Crippen LogP contribution in [0.5, 0.6) is 5.75 Å². The van der Waals surface area contributed by atoms with Crippen LogP contribution < -0.4 is 16.0 Å². The van der Waals surface area contributed by atoms with Gasteiger partial charge in [0.05, 0.1) is 19.8 Å². The molecule has 0 N–H and O–H groups in total. The van der Waals surface area contributed by atoms with Gasteiger partial charge in [-0.3, -0.25) is 18.8 Å². The highest BCUT2D eigenvalue weighted by molar-refractivity contribution is 5.71. The van der Waals surface area contributed by atoms with E-state index in [-0.39, 0.29) is 11.2 Å². The summed E-state index contributed by atoms with van der Waals surface area (Å²) in [6.07, 6.45) is 0.946. The van der Waals surface area contributed by atoms with Gasteiger partial charge in [0, 0.05) is 39.3 Å². The van der Waals surface area contributed by atoms with Crippen LogP contribution in [-0.4, -0.2) is 68.7 Å². The molecule has 10 nitrogen and oxygen atoms in total. The Hall–Kier alpha value is -3.11. The van der Waals surface area contributed by atoms with Crippen molar-refractivity contribution in [2.45, 2.75) is 6.42 Å². The van der Waals surface area contributed by atoms with E-state index >= 15 is 0 Å². The molecule has 0 amide bonds. The molecule has 1 aliphatic heterocycles. The van der Waals surface area contributed by atoms with E-state index in [4.69, 9.17) is 9.47 Å². The number of morpholine rings is 1. The Labute approximate surface area is 172 Å². The normalized spacial score (nSPS) is 14.9. The van der Waals surface area contributed by atoms with Crippen molar-refractivity contribution in [1.29, 1.82) is 0 Å². The van der Waals surface area contributed by atoms with Crippen LogP contribution in [0.25, 0.3) is 22.6 Å². The zero-order valence-electron chi connectivity index (χ0n) is 17.1. The minimum absolute atomic E-state index is 0.105. The fourth-order valence-electron chi connectivity index (χ4n) is 3.38. The van der Waals surface area contributed by atoms with Crippen molar-refractivity contribution in [3.63, 3.8) is 0 Å². The number of hydrogen-bond donors (Lipinski definition) is 0. The minimum Gasteiger partial charge on any atom is -0.494 e. The summed E-state index contributed by atoms with van der Waals surface area (Å²) in [5, 5.41) is 8.12. The highest BCUT2D eigenvalue weighted by Crippen LogP contribution is 2.19. The summed E-state index contributed by atoms with van der Waals surface area (Å²) in [5.74, 6) is 1.07. The molecule has 0 aliphatic carbocycles. The first-order chi connectivity index (χ1) is 14.5. The van der Waals surface area contributed by atoms with E-state index < -0.39 is 11.2 Å². The van der Waals surface area contributed by atoms with Crippen LogP contribution in [0.15, 0.2) is 33.9 Å². The van der Waals surface area contributed by atoms with Crippen molar-refractivity contribution in [1.82, 2.24) is 29.2 Å². The third-order valence-electron chi connectivity index (χ3n) is 5.17. The van der Waals surface area contributed by atoms with Gasteiger partial charge in [-0.2, -0.15) is 0 Å². The average molecular weight is 412 g/mol. The number of aryl methyl sites for hydroxylation is 1. The van der Waals surface area contributed by atoms with Crippen LogP contribution in [0.3, 0.4) is 0 Å². The topological polar surface area (TPSA) is 104 Å². The molecule has 1 aliphatic rings. The fourth-order valence-corrected chi connectivity index (χ4v) is 3.38. The van der Waals surface area contributed by atoms with Crippen molar-refractivity contribution in [3.05, 3.63) is 45.1 Å². The van der Waals surface area contributed by atoms with Gasteiger partial charge in [-0.25, -0.2) is 9.78 Å². The standard InChI is InChI=1S/C20H24N6O4/c1-24-18-16(19(27)25(2)20(24)28)21-17(22-23-18)14-4-6-15(7-5-14)30-11-3-8-26-9-12-29-13-10-26/h4-7H,3,8-13H2,1-2H3. The van der Waals surface area contributed by atoms with Crippen LogP contribution in [-0.2, 0) is 18.8 Å². The Balaban J connectivity index is 1.44. The lowest BCUT2D eigenvalue weighted by Gasteiger charge is -2.26. The summed E-state index contributed by atoms with van der Waals surface area (Å²) < 4.78 is 13.4. The summed E-state index contributed by atoms with van der Waals surface area (Å²) in [7, 11) is 2.95. The monoisotopic (exact) mass is 412 g/mol. The van der Waals surface area contributed by atoms with Crippen LogP contribution in [0, 0.1) is 0 Å². The summed E-state index contributed by atoms with van der Waals surface area (Å²) in [6.45, 7) is 5.19. The van der Waals surface area contributed by atoms with E-state index in [2.05, 4.69) is 20.1 Å². The molecule has 4 rings (SSSR count). The number of benzene rings is 1. The third-order valence-corrected chi connectivity index (χ3v) is 5.17.